The van der Waals surface area contributed by atoms with Crippen LogP contribution in [0.1, 0.15) is 15.9 Å². The average molecular weight is 344 g/mol. The highest BCUT2D eigenvalue weighted by molar-refractivity contribution is 6.06. The SMILES string of the molecule is COc1c(O)ccc2c1OC[C@@](O)(Cc1ccc3c(c1)OCO3)C2=O. The van der Waals surface area contributed by atoms with Crippen molar-refractivity contribution < 1.29 is 34.0 Å². The number of methoxy groups -OCH3 is 1. The summed E-state index contributed by atoms with van der Waals surface area (Å²) in [5.41, 5.74) is -0.829. The molecule has 25 heavy (non-hydrogen) atoms. The van der Waals surface area contributed by atoms with E-state index < -0.39 is 11.4 Å². The lowest BCUT2D eigenvalue weighted by Gasteiger charge is -2.32. The number of aromatic hydroxyl groups is 1. The molecule has 2 aliphatic heterocycles. The van der Waals surface area contributed by atoms with E-state index in [1.807, 2.05) is 0 Å². The molecule has 0 aliphatic carbocycles. The Bertz CT molecular complexity index is 861. The molecule has 0 amide bonds. The Morgan fingerprint density at radius 1 is 1.16 bits per heavy atom. The Labute approximate surface area is 143 Å². The van der Waals surface area contributed by atoms with Crippen LogP contribution in [-0.4, -0.2) is 42.1 Å². The van der Waals surface area contributed by atoms with Crippen LogP contribution in [0, 0.1) is 0 Å². The fraction of sp³-hybridized carbons (Fsp3) is 0.278. The molecule has 0 bridgehead atoms. The molecule has 0 fully saturated rings. The summed E-state index contributed by atoms with van der Waals surface area (Å²) in [4.78, 5) is 12.8. The molecule has 7 nitrogen and oxygen atoms in total. The van der Waals surface area contributed by atoms with Gasteiger partial charge in [0.05, 0.1) is 12.7 Å². The fourth-order valence-electron chi connectivity index (χ4n) is 3.10. The average Bonchev–Trinajstić information content (AvgIpc) is 3.06. The first-order valence-electron chi connectivity index (χ1n) is 7.70. The number of hydrogen-bond donors (Lipinski definition) is 2. The van der Waals surface area contributed by atoms with Crippen molar-refractivity contribution in [1.82, 2.24) is 0 Å². The minimum atomic E-state index is -1.72. The molecule has 2 aliphatic rings. The smallest absolute Gasteiger partial charge is 0.231 e. The highest BCUT2D eigenvalue weighted by atomic mass is 16.7. The van der Waals surface area contributed by atoms with E-state index in [4.69, 9.17) is 18.9 Å². The number of ether oxygens (including phenoxy) is 4. The molecule has 1 atom stereocenters. The summed E-state index contributed by atoms with van der Waals surface area (Å²) in [6.07, 6.45) is 0.0606. The first-order chi connectivity index (χ1) is 12.0. The number of hydrogen-bond acceptors (Lipinski definition) is 7. The van der Waals surface area contributed by atoms with Gasteiger partial charge in [0.1, 0.15) is 6.61 Å². The predicted molar refractivity (Wildman–Crippen MR) is 85.7 cm³/mol. The molecule has 0 spiro atoms. The number of fused-ring (bicyclic) bond motifs is 2. The Morgan fingerprint density at radius 2 is 1.96 bits per heavy atom. The van der Waals surface area contributed by atoms with Crippen LogP contribution in [-0.2, 0) is 6.42 Å². The van der Waals surface area contributed by atoms with Crippen molar-refractivity contribution in [1.29, 1.82) is 0 Å². The van der Waals surface area contributed by atoms with E-state index in [0.717, 1.165) is 5.56 Å². The monoisotopic (exact) mass is 344 g/mol. The molecule has 0 saturated carbocycles. The molecule has 0 saturated heterocycles. The zero-order valence-corrected chi connectivity index (χ0v) is 13.4. The third kappa shape index (κ3) is 2.44. The van der Waals surface area contributed by atoms with Crippen molar-refractivity contribution in [2.45, 2.75) is 12.0 Å². The molecule has 7 heteroatoms. The minimum absolute atomic E-state index is 0.0606. The van der Waals surface area contributed by atoms with E-state index in [0.29, 0.717) is 11.5 Å². The largest absolute Gasteiger partial charge is 0.504 e. The van der Waals surface area contributed by atoms with Crippen LogP contribution in [0.15, 0.2) is 30.3 Å². The van der Waals surface area contributed by atoms with Gasteiger partial charge in [0.25, 0.3) is 0 Å². The van der Waals surface area contributed by atoms with E-state index in [2.05, 4.69) is 0 Å². The van der Waals surface area contributed by atoms with Crippen LogP contribution >= 0.6 is 0 Å². The van der Waals surface area contributed by atoms with Crippen molar-refractivity contribution in [3.8, 4) is 28.7 Å². The molecule has 0 unspecified atom stereocenters. The van der Waals surface area contributed by atoms with E-state index >= 15 is 0 Å². The quantitative estimate of drug-likeness (QED) is 0.875. The Balaban J connectivity index is 1.66. The molecular formula is C18H16O7. The van der Waals surface area contributed by atoms with Crippen molar-refractivity contribution in [2.24, 2.45) is 0 Å². The van der Waals surface area contributed by atoms with E-state index in [9.17, 15) is 15.0 Å². The Hall–Kier alpha value is -2.93. The topological polar surface area (TPSA) is 94.5 Å². The molecule has 130 valence electrons. The van der Waals surface area contributed by atoms with Gasteiger partial charge in [-0.1, -0.05) is 6.07 Å². The standard InChI is InChI=1S/C18H16O7/c1-22-16-12(19)4-3-11-15(16)23-8-18(21,17(11)20)7-10-2-5-13-14(6-10)25-9-24-13/h2-6,19,21H,7-9H2,1H3/t18-/m0/s1. The van der Waals surface area contributed by atoms with Gasteiger partial charge in [-0.2, -0.15) is 0 Å². The molecule has 2 aromatic carbocycles. The third-order valence-corrected chi connectivity index (χ3v) is 4.35. The molecule has 2 aromatic rings. The highest BCUT2D eigenvalue weighted by Crippen LogP contribution is 2.44. The van der Waals surface area contributed by atoms with E-state index in [-0.39, 0.29) is 42.6 Å². The lowest BCUT2D eigenvalue weighted by Crippen LogP contribution is -2.49. The summed E-state index contributed by atoms with van der Waals surface area (Å²) in [7, 11) is 1.37. The first-order valence-corrected chi connectivity index (χ1v) is 7.70. The molecule has 4 rings (SSSR count). The molecule has 2 N–H and O–H groups in total. The van der Waals surface area contributed by atoms with Gasteiger partial charge in [0.2, 0.25) is 18.3 Å². The Kier molecular flexibility index (Phi) is 3.47. The van der Waals surface area contributed by atoms with Gasteiger partial charge in [-0.05, 0) is 29.8 Å². The lowest BCUT2D eigenvalue weighted by atomic mass is 9.85. The number of phenolic OH excluding ortho intramolecular Hbond substituents is 1. The zero-order chi connectivity index (χ0) is 17.6. The minimum Gasteiger partial charge on any atom is -0.504 e. The van der Waals surface area contributed by atoms with Crippen molar-refractivity contribution in [3.05, 3.63) is 41.5 Å². The van der Waals surface area contributed by atoms with Crippen LogP contribution in [0.5, 0.6) is 28.7 Å². The summed E-state index contributed by atoms with van der Waals surface area (Å²) in [6, 6.07) is 8.00. The van der Waals surface area contributed by atoms with Crippen molar-refractivity contribution in [3.63, 3.8) is 0 Å². The fourth-order valence-corrected chi connectivity index (χ4v) is 3.10. The van der Waals surface area contributed by atoms with Gasteiger partial charge in [-0.25, -0.2) is 0 Å². The maximum absolute atomic E-state index is 12.8. The van der Waals surface area contributed by atoms with Crippen LogP contribution in [0.25, 0.3) is 0 Å². The van der Waals surface area contributed by atoms with E-state index in [1.165, 1.54) is 19.2 Å². The molecule has 0 aromatic heterocycles. The second-order valence-electron chi connectivity index (χ2n) is 6.01. The van der Waals surface area contributed by atoms with Gasteiger partial charge >= 0.3 is 0 Å². The van der Waals surface area contributed by atoms with Gasteiger partial charge in [-0.3, -0.25) is 4.79 Å². The summed E-state index contributed by atoms with van der Waals surface area (Å²) >= 11 is 0. The number of carbonyl (C=O) groups is 1. The number of rotatable bonds is 3. The summed E-state index contributed by atoms with van der Waals surface area (Å²) < 4.78 is 21.2. The summed E-state index contributed by atoms with van der Waals surface area (Å²) in [5.74, 6) is 0.823. The third-order valence-electron chi connectivity index (χ3n) is 4.35. The van der Waals surface area contributed by atoms with Crippen LogP contribution in [0.2, 0.25) is 0 Å². The first kappa shape index (κ1) is 15.6. The van der Waals surface area contributed by atoms with Crippen LogP contribution < -0.4 is 18.9 Å². The zero-order valence-electron chi connectivity index (χ0n) is 13.4. The predicted octanol–water partition coefficient (Wildman–Crippen LogP) is 1.68. The van der Waals surface area contributed by atoms with Crippen molar-refractivity contribution in [2.75, 3.05) is 20.5 Å². The number of benzene rings is 2. The summed E-state index contributed by atoms with van der Waals surface area (Å²) in [6.45, 7) is -0.0884. The maximum atomic E-state index is 12.8. The molecule has 2 heterocycles. The van der Waals surface area contributed by atoms with Gasteiger partial charge in [0.15, 0.2) is 28.6 Å². The number of aliphatic hydroxyl groups is 1. The number of phenols is 1. The summed E-state index contributed by atoms with van der Waals surface area (Å²) in [5, 5.41) is 20.7. The second kappa shape index (κ2) is 5.56. The maximum Gasteiger partial charge on any atom is 0.231 e. The normalized spacial score (nSPS) is 20.8. The van der Waals surface area contributed by atoms with Gasteiger partial charge in [-0.15, -0.1) is 0 Å². The van der Waals surface area contributed by atoms with Crippen LogP contribution in [0.3, 0.4) is 0 Å². The number of Topliss-reactive ketones (excluding diaryl/α,β-unsaturated/α-hetero) is 1. The highest BCUT2D eigenvalue weighted by Gasteiger charge is 2.44. The van der Waals surface area contributed by atoms with E-state index in [1.54, 1.807) is 18.2 Å². The van der Waals surface area contributed by atoms with Crippen molar-refractivity contribution >= 4 is 5.78 Å². The van der Waals surface area contributed by atoms with Gasteiger partial charge < -0.3 is 29.2 Å². The number of carbonyl (C=O) groups excluding carboxylic acids is 1. The van der Waals surface area contributed by atoms with Crippen LogP contribution in [0.4, 0.5) is 0 Å². The lowest BCUT2D eigenvalue weighted by molar-refractivity contribution is -0.00274. The van der Waals surface area contributed by atoms with Gasteiger partial charge in [0, 0.05) is 6.42 Å². The number of ketones is 1. The molecule has 0 radical (unpaired) electrons. The molecular weight excluding hydrogens is 328 g/mol. The Morgan fingerprint density at radius 3 is 2.76 bits per heavy atom. The second-order valence-corrected chi connectivity index (χ2v) is 6.01.